The van der Waals surface area contributed by atoms with Gasteiger partial charge in [0.15, 0.2) is 0 Å². The standard InChI is InChI=1S/C27H58N3.ClH/c1-7-11-15-19-23-28-27(30(5,6)26-22-18-14-10-4)29(24-20-16-12-8-2)25-21-17-13-9-3;/h7-26H2,1-6H3;1H/q+1;/p-1. The average molecular weight is 460 g/mol. The van der Waals surface area contributed by atoms with Crippen LogP contribution >= 0.6 is 0 Å². The molecule has 0 saturated heterocycles. The van der Waals surface area contributed by atoms with Crippen LogP contribution in [0.3, 0.4) is 0 Å². The van der Waals surface area contributed by atoms with Crippen molar-refractivity contribution in [3.8, 4) is 0 Å². The second-order valence-corrected chi connectivity index (χ2v) is 9.82. The zero-order chi connectivity index (χ0) is 22.5. The van der Waals surface area contributed by atoms with Crippen molar-refractivity contribution in [3.63, 3.8) is 0 Å². The van der Waals surface area contributed by atoms with E-state index in [-0.39, 0.29) is 12.4 Å². The van der Waals surface area contributed by atoms with Crippen LogP contribution in [0, 0.1) is 0 Å². The molecule has 0 aliphatic heterocycles. The van der Waals surface area contributed by atoms with E-state index in [1.807, 2.05) is 0 Å². The molecule has 0 radical (unpaired) electrons. The van der Waals surface area contributed by atoms with E-state index in [4.69, 9.17) is 4.99 Å². The minimum Gasteiger partial charge on any atom is -1.00 e. The third-order valence-corrected chi connectivity index (χ3v) is 6.22. The summed E-state index contributed by atoms with van der Waals surface area (Å²) in [7, 11) is 4.81. The van der Waals surface area contributed by atoms with E-state index < -0.39 is 0 Å². The summed E-state index contributed by atoms with van der Waals surface area (Å²) in [5, 5.41) is 0. The zero-order valence-electron chi connectivity index (χ0n) is 22.4. The molecule has 0 saturated carbocycles. The Morgan fingerprint density at radius 2 is 1.00 bits per heavy atom. The number of nitrogens with zero attached hydrogens (tertiary/aromatic N) is 3. The fourth-order valence-corrected chi connectivity index (χ4v) is 4.20. The molecule has 31 heavy (non-hydrogen) atoms. The summed E-state index contributed by atoms with van der Waals surface area (Å²) in [6.45, 7) is 13.8. The van der Waals surface area contributed by atoms with E-state index in [1.165, 1.54) is 128 Å². The highest BCUT2D eigenvalue weighted by atomic mass is 35.5. The van der Waals surface area contributed by atoms with Gasteiger partial charge in [-0.1, -0.05) is 98.3 Å². The minimum atomic E-state index is 0. The zero-order valence-corrected chi connectivity index (χ0v) is 23.1. The molecule has 0 N–H and O–H groups in total. The van der Waals surface area contributed by atoms with E-state index in [9.17, 15) is 0 Å². The Morgan fingerprint density at radius 1 is 0.581 bits per heavy atom. The molecule has 0 fully saturated rings. The van der Waals surface area contributed by atoms with E-state index in [0.717, 1.165) is 11.0 Å². The highest BCUT2D eigenvalue weighted by Gasteiger charge is 2.29. The number of hydrogen-bond acceptors (Lipinski definition) is 1. The van der Waals surface area contributed by atoms with Gasteiger partial charge >= 0.3 is 0 Å². The summed E-state index contributed by atoms with van der Waals surface area (Å²) < 4.78 is 0.957. The van der Waals surface area contributed by atoms with E-state index in [1.54, 1.807) is 0 Å². The first-order valence-corrected chi connectivity index (χ1v) is 13.7. The smallest absolute Gasteiger partial charge is 0.299 e. The van der Waals surface area contributed by atoms with Gasteiger partial charge in [0.2, 0.25) is 0 Å². The van der Waals surface area contributed by atoms with Gasteiger partial charge in [-0.05, 0) is 32.1 Å². The van der Waals surface area contributed by atoms with Crippen molar-refractivity contribution in [1.82, 2.24) is 4.90 Å². The normalized spacial score (nSPS) is 12.1. The first-order valence-electron chi connectivity index (χ1n) is 13.7. The molecule has 0 spiro atoms. The molecule has 0 aliphatic rings. The van der Waals surface area contributed by atoms with Crippen molar-refractivity contribution < 1.29 is 16.9 Å². The van der Waals surface area contributed by atoms with Gasteiger partial charge in [0, 0.05) is 19.6 Å². The predicted molar refractivity (Wildman–Crippen MR) is 137 cm³/mol. The van der Waals surface area contributed by atoms with Crippen LogP contribution in [0.4, 0.5) is 0 Å². The highest BCUT2D eigenvalue weighted by molar-refractivity contribution is 5.73. The molecule has 0 rings (SSSR count). The molecule has 0 aliphatic carbocycles. The van der Waals surface area contributed by atoms with Crippen molar-refractivity contribution in [2.24, 2.45) is 4.99 Å². The largest absolute Gasteiger partial charge is 1.00 e. The summed E-state index contributed by atoms with van der Waals surface area (Å²) in [5.41, 5.74) is 0. The van der Waals surface area contributed by atoms with Gasteiger partial charge in [0.25, 0.3) is 5.96 Å². The molecule has 0 bridgehead atoms. The maximum Gasteiger partial charge on any atom is 0.299 e. The molecule has 0 unspecified atom stereocenters. The van der Waals surface area contributed by atoms with Crippen LogP contribution < -0.4 is 12.4 Å². The summed E-state index contributed by atoms with van der Waals surface area (Å²) in [6.07, 6.45) is 21.3. The highest BCUT2D eigenvalue weighted by Crippen LogP contribution is 2.15. The number of rotatable bonds is 20. The molecular weight excluding hydrogens is 402 g/mol. The quantitative estimate of drug-likeness (QED) is 0.108. The molecule has 0 atom stereocenters. The number of halogens is 1. The van der Waals surface area contributed by atoms with Gasteiger partial charge in [-0.2, -0.15) is 0 Å². The predicted octanol–water partition coefficient (Wildman–Crippen LogP) is 5.05. The first kappa shape index (κ1) is 32.9. The summed E-state index contributed by atoms with van der Waals surface area (Å²) in [5.74, 6) is 1.37. The van der Waals surface area contributed by atoms with Gasteiger partial charge in [-0.3, -0.25) is 4.48 Å². The van der Waals surface area contributed by atoms with Crippen LogP contribution in [0.15, 0.2) is 4.99 Å². The minimum absolute atomic E-state index is 0. The lowest BCUT2D eigenvalue weighted by molar-refractivity contribution is -0.805. The lowest BCUT2D eigenvalue weighted by Gasteiger charge is -2.37. The van der Waals surface area contributed by atoms with Crippen molar-refractivity contribution in [2.45, 2.75) is 130 Å². The second kappa shape index (κ2) is 22.9. The molecule has 3 nitrogen and oxygen atoms in total. The Labute approximate surface area is 203 Å². The number of unbranched alkanes of at least 4 members (excludes halogenated alkanes) is 12. The van der Waals surface area contributed by atoms with Crippen LogP contribution in [0.5, 0.6) is 0 Å². The van der Waals surface area contributed by atoms with Crippen LogP contribution in [-0.4, -0.2) is 55.6 Å². The van der Waals surface area contributed by atoms with Crippen molar-refractivity contribution in [2.75, 3.05) is 40.3 Å². The maximum absolute atomic E-state index is 5.28. The van der Waals surface area contributed by atoms with Crippen molar-refractivity contribution >= 4 is 5.96 Å². The fourth-order valence-electron chi connectivity index (χ4n) is 4.20. The second-order valence-electron chi connectivity index (χ2n) is 9.82. The van der Waals surface area contributed by atoms with E-state index in [2.05, 4.69) is 46.7 Å². The van der Waals surface area contributed by atoms with Crippen LogP contribution in [0.1, 0.15) is 130 Å². The summed E-state index contributed by atoms with van der Waals surface area (Å²) in [6, 6.07) is 0. The number of aliphatic imine (C=N–C) groups is 1. The molecule has 0 aromatic heterocycles. The molecule has 188 valence electrons. The Bertz CT molecular complexity index is 384. The Hall–Kier alpha value is -0.280. The summed E-state index contributed by atoms with van der Waals surface area (Å²) >= 11 is 0. The SMILES string of the molecule is CCCCCCN=C(N(CCCCCC)CCCCCC)[N+](C)(C)CCCCCC.[Cl-]. The van der Waals surface area contributed by atoms with Crippen molar-refractivity contribution in [1.29, 1.82) is 0 Å². The third-order valence-electron chi connectivity index (χ3n) is 6.22. The lowest BCUT2D eigenvalue weighted by Crippen LogP contribution is -3.00. The van der Waals surface area contributed by atoms with Gasteiger partial charge in [0.05, 0.1) is 20.6 Å². The molecule has 0 heterocycles. The molecule has 0 aromatic rings. The topological polar surface area (TPSA) is 15.6 Å². The van der Waals surface area contributed by atoms with Crippen LogP contribution in [0.2, 0.25) is 0 Å². The third kappa shape index (κ3) is 17.9. The number of guanidine groups is 1. The molecule has 0 aromatic carbocycles. The van der Waals surface area contributed by atoms with E-state index >= 15 is 0 Å². The number of quaternary nitrogens is 1. The maximum atomic E-state index is 5.28. The van der Waals surface area contributed by atoms with Gasteiger partial charge < -0.3 is 17.3 Å². The van der Waals surface area contributed by atoms with Gasteiger partial charge in [-0.25, -0.2) is 4.99 Å². The monoisotopic (exact) mass is 459 g/mol. The average Bonchev–Trinajstić information content (AvgIpc) is 2.73. The Morgan fingerprint density at radius 3 is 1.45 bits per heavy atom. The first-order chi connectivity index (χ1) is 14.5. The number of hydrogen-bond donors (Lipinski definition) is 0. The Kier molecular flexibility index (Phi) is 24.3. The lowest BCUT2D eigenvalue weighted by atomic mass is 10.1. The summed E-state index contributed by atoms with van der Waals surface area (Å²) in [4.78, 5) is 7.96. The Balaban J connectivity index is 0. The molecule has 4 heteroatoms. The van der Waals surface area contributed by atoms with Crippen molar-refractivity contribution in [3.05, 3.63) is 0 Å². The molecular formula is C27H58ClN3. The van der Waals surface area contributed by atoms with Gasteiger partial charge in [-0.15, -0.1) is 0 Å². The molecule has 0 amide bonds. The fraction of sp³-hybridized carbons (Fsp3) is 0.963. The van der Waals surface area contributed by atoms with E-state index in [0.29, 0.717) is 0 Å². The van der Waals surface area contributed by atoms with Crippen LogP contribution in [0.25, 0.3) is 0 Å². The van der Waals surface area contributed by atoms with Gasteiger partial charge in [0.1, 0.15) is 0 Å². The van der Waals surface area contributed by atoms with Crippen LogP contribution in [-0.2, 0) is 0 Å².